The highest BCUT2D eigenvalue weighted by Gasteiger charge is 2.36. The van der Waals surface area contributed by atoms with Crippen LogP contribution in [0.2, 0.25) is 0 Å². The first-order valence-electron chi connectivity index (χ1n) is 8.35. The molecule has 2 aliphatic rings. The highest BCUT2D eigenvalue weighted by Crippen LogP contribution is 2.35. The molecule has 1 N–H and O–H groups in total. The molecule has 0 bridgehead atoms. The first kappa shape index (κ1) is 18.0. The third-order valence-electron chi connectivity index (χ3n) is 4.89. The Morgan fingerprint density at radius 2 is 1.88 bits per heavy atom. The van der Waals surface area contributed by atoms with E-state index in [0.29, 0.717) is 12.1 Å². The summed E-state index contributed by atoms with van der Waals surface area (Å²) in [6.45, 7) is 1.95. The Bertz CT molecular complexity index is 552. The summed E-state index contributed by atoms with van der Waals surface area (Å²) in [5, 5.41) is 3.30. The lowest BCUT2D eigenvalue weighted by Gasteiger charge is -2.38. The second kappa shape index (κ2) is 7.62. The Morgan fingerprint density at radius 1 is 1.12 bits per heavy atom. The normalized spacial score (nSPS) is 23.1. The SMILES string of the molecule is Fc1ccc(CN(C2CCSCC2)[C@H]2CCNC2)c(C(F)(F)F)c1. The van der Waals surface area contributed by atoms with Gasteiger partial charge in [0, 0.05) is 25.2 Å². The van der Waals surface area contributed by atoms with Crippen molar-refractivity contribution in [3.8, 4) is 0 Å². The van der Waals surface area contributed by atoms with Gasteiger partial charge >= 0.3 is 6.18 Å². The molecule has 2 nitrogen and oxygen atoms in total. The van der Waals surface area contributed by atoms with E-state index in [1.54, 1.807) is 0 Å². The van der Waals surface area contributed by atoms with Crippen LogP contribution in [-0.2, 0) is 12.7 Å². The topological polar surface area (TPSA) is 15.3 Å². The first-order chi connectivity index (χ1) is 11.4. The van der Waals surface area contributed by atoms with E-state index in [1.807, 2.05) is 11.8 Å². The van der Waals surface area contributed by atoms with Crippen molar-refractivity contribution in [1.29, 1.82) is 0 Å². The Hall–Kier alpha value is -0.790. The van der Waals surface area contributed by atoms with Gasteiger partial charge in [0.25, 0.3) is 0 Å². The molecule has 0 aliphatic carbocycles. The maximum absolute atomic E-state index is 13.3. The van der Waals surface area contributed by atoms with Crippen molar-refractivity contribution >= 4 is 11.8 Å². The summed E-state index contributed by atoms with van der Waals surface area (Å²) in [6.07, 6.45) is -1.57. The first-order valence-corrected chi connectivity index (χ1v) is 9.50. The van der Waals surface area contributed by atoms with Gasteiger partial charge in [-0.25, -0.2) is 4.39 Å². The second-order valence-electron chi connectivity index (χ2n) is 6.46. The van der Waals surface area contributed by atoms with Crippen LogP contribution in [-0.4, -0.2) is 41.6 Å². The van der Waals surface area contributed by atoms with E-state index in [2.05, 4.69) is 10.2 Å². The van der Waals surface area contributed by atoms with E-state index in [1.165, 1.54) is 6.07 Å². The molecule has 0 amide bonds. The van der Waals surface area contributed by atoms with Crippen molar-refractivity contribution in [1.82, 2.24) is 10.2 Å². The molecule has 1 atom stereocenters. The average Bonchev–Trinajstić information content (AvgIpc) is 3.08. The minimum atomic E-state index is -4.53. The van der Waals surface area contributed by atoms with Gasteiger partial charge in [-0.15, -0.1) is 0 Å². The molecule has 1 aromatic carbocycles. The number of nitrogens with zero attached hydrogens (tertiary/aromatic N) is 1. The molecule has 134 valence electrons. The van der Waals surface area contributed by atoms with Gasteiger partial charge in [0.15, 0.2) is 0 Å². The molecule has 24 heavy (non-hydrogen) atoms. The zero-order valence-electron chi connectivity index (χ0n) is 13.4. The molecule has 0 unspecified atom stereocenters. The summed E-state index contributed by atoms with van der Waals surface area (Å²) in [5.74, 6) is 1.27. The molecule has 2 heterocycles. The number of hydrogen-bond acceptors (Lipinski definition) is 3. The van der Waals surface area contributed by atoms with Crippen LogP contribution in [0.3, 0.4) is 0 Å². The van der Waals surface area contributed by atoms with Gasteiger partial charge in [-0.1, -0.05) is 6.07 Å². The van der Waals surface area contributed by atoms with E-state index in [9.17, 15) is 17.6 Å². The summed E-state index contributed by atoms with van der Waals surface area (Å²) < 4.78 is 53.2. The quantitative estimate of drug-likeness (QED) is 0.818. The predicted molar refractivity (Wildman–Crippen MR) is 88.6 cm³/mol. The van der Waals surface area contributed by atoms with E-state index >= 15 is 0 Å². The number of alkyl halides is 3. The summed E-state index contributed by atoms with van der Waals surface area (Å²) in [7, 11) is 0. The van der Waals surface area contributed by atoms with Gasteiger partial charge in [0.1, 0.15) is 5.82 Å². The van der Waals surface area contributed by atoms with Gasteiger partial charge in [-0.05, 0) is 55.0 Å². The zero-order chi connectivity index (χ0) is 17.2. The fourth-order valence-corrected chi connectivity index (χ4v) is 4.72. The molecule has 2 saturated heterocycles. The van der Waals surface area contributed by atoms with Gasteiger partial charge in [0.2, 0.25) is 0 Å². The van der Waals surface area contributed by atoms with Gasteiger partial charge in [-0.3, -0.25) is 4.90 Å². The van der Waals surface area contributed by atoms with Crippen molar-refractivity contribution in [3.63, 3.8) is 0 Å². The van der Waals surface area contributed by atoms with E-state index in [-0.39, 0.29) is 18.2 Å². The maximum Gasteiger partial charge on any atom is 0.416 e. The van der Waals surface area contributed by atoms with Crippen LogP contribution in [0.5, 0.6) is 0 Å². The summed E-state index contributed by atoms with van der Waals surface area (Å²) in [6, 6.07) is 3.61. The summed E-state index contributed by atoms with van der Waals surface area (Å²) >= 11 is 1.90. The minimum absolute atomic E-state index is 0.175. The number of hydrogen-bond donors (Lipinski definition) is 1. The Kier molecular flexibility index (Phi) is 5.72. The molecule has 2 aliphatic heterocycles. The van der Waals surface area contributed by atoms with Crippen molar-refractivity contribution < 1.29 is 17.6 Å². The van der Waals surface area contributed by atoms with Crippen LogP contribution in [0.25, 0.3) is 0 Å². The van der Waals surface area contributed by atoms with E-state index in [0.717, 1.165) is 49.9 Å². The van der Waals surface area contributed by atoms with Crippen molar-refractivity contribution in [2.24, 2.45) is 0 Å². The van der Waals surface area contributed by atoms with Crippen molar-refractivity contribution in [2.45, 2.75) is 44.1 Å². The Balaban J connectivity index is 1.86. The van der Waals surface area contributed by atoms with Crippen LogP contribution in [0.4, 0.5) is 17.6 Å². The third kappa shape index (κ3) is 4.24. The second-order valence-corrected chi connectivity index (χ2v) is 7.69. The lowest BCUT2D eigenvalue weighted by atomic mass is 10.0. The van der Waals surface area contributed by atoms with E-state index in [4.69, 9.17) is 0 Å². The van der Waals surface area contributed by atoms with Gasteiger partial charge in [-0.2, -0.15) is 24.9 Å². The average molecular weight is 362 g/mol. The van der Waals surface area contributed by atoms with Crippen LogP contribution in [0.1, 0.15) is 30.4 Å². The molecule has 0 aromatic heterocycles. The molecule has 0 saturated carbocycles. The zero-order valence-corrected chi connectivity index (χ0v) is 14.2. The fourth-order valence-electron chi connectivity index (χ4n) is 3.64. The molecule has 7 heteroatoms. The third-order valence-corrected chi connectivity index (χ3v) is 5.94. The number of nitrogens with one attached hydrogen (secondary N) is 1. The fraction of sp³-hybridized carbons (Fsp3) is 0.647. The lowest BCUT2D eigenvalue weighted by Crippen LogP contribution is -2.45. The molecule has 2 fully saturated rings. The molecule has 0 radical (unpaired) electrons. The summed E-state index contributed by atoms with van der Waals surface area (Å²) in [4.78, 5) is 2.22. The predicted octanol–water partition coefficient (Wildman–Crippen LogP) is 3.90. The Labute approximate surface area is 144 Å². The number of thioether (sulfide) groups is 1. The van der Waals surface area contributed by atoms with E-state index < -0.39 is 17.6 Å². The van der Waals surface area contributed by atoms with Crippen LogP contribution < -0.4 is 5.32 Å². The van der Waals surface area contributed by atoms with Gasteiger partial charge in [0.05, 0.1) is 5.56 Å². The molecule has 1 aromatic rings. The van der Waals surface area contributed by atoms with Crippen LogP contribution >= 0.6 is 11.8 Å². The standard InChI is InChI=1S/C17H22F4N2S/c18-13-2-1-12(16(9-13)17(19,20)21)11-23(15-3-6-22-10-15)14-4-7-24-8-5-14/h1-2,9,14-15,22H,3-8,10-11H2/t15-/m0/s1. The van der Waals surface area contributed by atoms with Crippen molar-refractivity contribution in [3.05, 3.63) is 35.1 Å². The molecule has 3 rings (SSSR count). The maximum atomic E-state index is 13.3. The lowest BCUT2D eigenvalue weighted by molar-refractivity contribution is -0.138. The minimum Gasteiger partial charge on any atom is -0.315 e. The number of benzene rings is 1. The highest BCUT2D eigenvalue weighted by atomic mass is 32.2. The van der Waals surface area contributed by atoms with Crippen molar-refractivity contribution in [2.75, 3.05) is 24.6 Å². The molecule has 0 spiro atoms. The largest absolute Gasteiger partial charge is 0.416 e. The van der Waals surface area contributed by atoms with Crippen LogP contribution in [0, 0.1) is 5.82 Å². The molecular weight excluding hydrogens is 340 g/mol. The monoisotopic (exact) mass is 362 g/mol. The highest BCUT2D eigenvalue weighted by molar-refractivity contribution is 7.99. The molecular formula is C17H22F4N2S. The van der Waals surface area contributed by atoms with Gasteiger partial charge < -0.3 is 5.32 Å². The summed E-state index contributed by atoms with van der Waals surface area (Å²) in [5.41, 5.74) is -0.669. The van der Waals surface area contributed by atoms with Crippen LogP contribution in [0.15, 0.2) is 18.2 Å². The smallest absolute Gasteiger partial charge is 0.315 e. The number of halogens is 4. The number of rotatable bonds is 4. The Morgan fingerprint density at radius 3 is 2.50 bits per heavy atom.